The van der Waals surface area contributed by atoms with E-state index in [2.05, 4.69) is 27.1 Å². The SMILES string of the molecule is Cn1nc(C2CCCN(Cc3ccncc3)C2)n(-c2ccccc2)c1=O. The van der Waals surface area contributed by atoms with E-state index in [1.807, 2.05) is 42.7 Å². The van der Waals surface area contributed by atoms with Crippen molar-refractivity contribution in [2.75, 3.05) is 13.1 Å². The number of aryl methyl sites for hydroxylation is 1. The van der Waals surface area contributed by atoms with Gasteiger partial charge in [-0.1, -0.05) is 18.2 Å². The average Bonchev–Trinajstić information content (AvgIpc) is 2.98. The molecule has 0 aliphatic carbocycles. The van der Waals surface area contributed by atoms with Crippen LogP contribution in [0.5, 0.6) is 0 Å². The molecule has 0 radical (unpaired) electrons. The zero-order valence-corrected chi connectivity index (χ0v) is 15.0. The van der Waals surface area contributed by atoms with Crippen LogP contribution >= 0.6 is 0 Å². The van der Waals surface area contributed by atoms with Gasteiger partial charge >= 0.3 is 5.69 Å². The molecule has 6 nitrogen and oxygen atoms in total. The smallest absolute Gasteiger partial charge is 0.298 e. The second-order valence-electron chi connectivity index (χ2n) is 6.87. The maximum absolute atomic E-state index is 12.6. The summed E-state index contributed by atoms with van der Waals surface area (Å²) in [7, 11) is 1.73. The van der Waals surface area contributed by atoms with Gasteiger partial charge in [0.2, 0.25) is 0 Å². The Morgan fingerprint density at radius 1 is 1.12 bits per heavy atom. The Hall–Kier alpha value is -2.73. The average molecular weight is 349 g/mol. The minimum atomic E-state index is -0.0857. The van der Waals surface area contributed by atoms with Crippen LogP contribution in [0, 0.1) is 0 Å². The first-order valence-corrected chi connectivity index (χ1v) is 9.05. The van der Waals surface area contributed by atoms with Crippen molar-refractivity contribution in [1.29, 1.82) is 0 Å². The van der Waals surface area contributed by atoms with E-state index < -0.39 is 0 Å². The maximum atomic E-state index is 12.6. The van der Waals surface area contributed by atoms with Crippen LogP contribution in [0.3, 0.4) is 0 Å². The molecule has 3 aromatic rings. The van der Waals surface area contributed by atoms with Gasteiger partial charge in [0.15, 0.2) is 0 Å². The third-order valence-corrected chi connectivity index (χ3v) is 4.99. The number of hydrogen-bond acceptors (Lipinski definition) is 4. The third kappa shape index (κ3) is 3.32. The molecule has 3 heterocycles. The van der Waals surface area contributed by atoms with E-state index in [0.29, 0.717) is 0 Å². The van der Waals surface area contributed by atoms with Gasteiger partial charge in [-0.15, -0.1) is 0 Å². The molecule has 4 rings (SSSR count). The van der Waals surface area contributed by atoms with Crippen LogP contribution in [0.25, 0.3) is 5.69 Å². The topological polar surface area (TPSA) is 56.0 Å². The third-order valence-electron chi connectivity index (χ3n) is 4.99. The lowest BCUT2D eigenvalue weighted by molar-refractivity contribution is 0.195. The van der Waals surface area contributed by atoms with Gasteiger partial charge in [-0.05, 0) is 49.2 Å². The fourth-order valence-corrected chi connectivity index (χ4v) is 3.72. The normalized spacial score (nSPS) is 18.1. The summed E-state index contributed by atoms with van der Waals surface area (Å²) in [6.45, 7) is 2.88. The maximum Gasteiger partial charge on any atom is 0.350 e. The van der Waals surface area contributed by atoms with E-state index in [1.165, 1.54) is 10.2 Å². The van der Waals surface area contributed by atoms with Crippen molar-refractivity contribution in [2.45, 2.75) is 25.3 Å². The van der Waals surface area contributed by atoms with Crippen LogP contribution in [0.4, 0.5) is 0 Å². The molecule has 0 spiro atoms. The van der Waals surface area contributed by atoms with Crippen LogP contribution in [0.15, 0.2) is 59.7 Å². The van der Waals surface area contributed by atoms with Gasteiger partial charge in [0.25, 0.3) is 0 Å². The van der Waals surface area contributed by atoms with Crippen molar-refractivity contribution in [1.82, 2.24) is 24.2 Å². The Labute approximate surface area is 152 Å². The molecule has 1 aromatic carbocycles. The van der Waals surface area contributed by atoms with E-state index in [1.54, 1.807) is 11.6 Å². The Morgan fingerprint density at radius 2 is 1.88 bits per heavy atom. The molecular weight excluding hydrogens is 326 g/mol. The number of likely N-dealkylation sites (tertiary alicyclic amines) is 1. The number of para-hydroxylation sites is 1. The molecular formula is C20H23N5O. The summed E-state index contributed by atoms with van der Waals surface area (Å²) in [5, 5.41) is 4.58. The number of aromatic nitrogens is 4. The predicted octanol–water partition coefficient (Wildman–Crippen LogP) is 2.35. The lowest BCUT2D eigenvalue weighted by Crippen LogP contribution is -2.35. The summed E-state index contributed by atoms with van der Waals surface area (Å²) in [6, 6.07) is 13.9. The summed E-state index contributed by atoms with van der Waals surface area (Å²) in [5.41, 5.74) is 2.06. The molecule has 0 amide bonds. The summed E-state index contributed by atoms with van der Waals surface area (Å²) < 4.78 is 3.21. The number of nitrogens with zero attached hydrogens (tertiary/aromatic N) is 5. The Bertz CT molecular complexity index is 916. The van der Waals surface area contributed by atoms with Gasteiger partial charge in [-0.25, -0.2) is 14.0 Å². The molecule has 1 unspecified atom stereocenters. The van der Waals surface area contributed by atoms with E-state index in [4.69, 9.17) is 0 Å². The summed E-state index contributed by atoms with van der Waals surface area (Å²) >= 11 is 0. The van der Waals surface area contributed by atoms with Gasteiger partial charge in [0.1, 0.15) is 5.82 Å². The van der Waals surface area contributed by atoms with Gasteiger partial charge in [-0.2, -0.15) is 5.10 Å². The fourth-order valence-electron chi connectivity index (χ4n) is 3.72. The highest BCUT2D eigenvalue weighted by molar-refractivity contribution is 5.33. The minimum absolute atomic E-state index is 0.0857. The van der Waals surface area contributed by atoms with Crippen LogP contribution in [-0.4, -0.2) is 37.3 Å². The lowest BCUT2D eigenvalue weighted by atomic mass is 9.96. The van der Waals surface area contributed by atoms with E-state index >= 15 is 0 Å². The highest BCUT2D eigenvalue weighted by Gasteiger charge is 2.27. The minimum Gasteiger partial charge on any atom is -0.298 e. The molecule has 1 saturated heterocycles. The molecule has 134 valence electrons. The van der Waals surface area contributed by atoms with Crippen molar-refractivity contribution < 1.29 is 0 Å². The van der Waals surface area contributed by atoms with Gasteiger partial charge < -0.3 is 0 Å². The molecule has 0 bridgehead atoms. The van der Waals surface area contributed by atoms with Gasteiger partial charge in [-0.3, -0.25) is 9.88 Å². The van der Waals surface area contributed by atoms with E-state index in [0.717, 1.165) is 44.0 Å². The molecule has 1 fully saturated rings. The van der Waals surface area contributed by atoms with Crippen molar-refractivity contribution in [3.8, 4) is 5.69 Å². The lowest BCUT2D eigenvalue weighted by Gasteiger charge is -2.32. The summed E-state index contributed by atoms with van der Waals surface area (Å²) in [6.07, 6.45) is 5.83. The number of piperidine rings is 1. The molecule has 1 aliphatic rings. The monoisotopic (exact) mass is 349 g/mol. The first-order chi connectivity index (χ1) is 12.7. The van der Waals surface area contributed by atoms with Crippen molar-refractivity contribution >= 4 is 0 Å². The second kappa shape index (κ2) is 7.25. The first-order valence-electron chi connectivity index (χ1n) is 9.05. The molecule has 0 saturated carbocycles. The summed E-state index contributed by atoms with van der Waals surface area (Å²) in [4.78, 5) is 19.2. The Kier molecular flexibility index (Phi) is 4.67. The molecule has 26 heavy (non-hydrogen) atoms. The van der Waals surface area contributed by atoms with Crippen molar-refractivity contribution in [3.63, 3.8) is 0 Å². The number of benzene rings is 1. The van der Waals surface area contributed by atoms with E-state index in [9.17, 15) is 4.79 Å². The van der Waals surface area contributed by atoms with Gasteiger partial charge in [0, 0.05) is 38.4 Å². The number of pyridine rings is 1. The van der Waals surface area contributed by atoms with Crippen LogP contribution < -0.4 is 5.69 Å². The standard InChI is InChI=1S/C20H23N5O/c1-23-20(26)25(18-7-3-2-4-8-18)19(22-23)17-6-5-13-24(15-17)14-16-9-11-21-12-10-16/h2-4,7-12,17H,5-6,13-15H2,1H3. The van der Waals surface area contributed by atoms with Crippen LogP contribution in [0.2, 0.25) is 0 Å². The largest absolute Gasteiger partial charge is 0.350 e. The summed E-state index contributed by atoms with van der Waals surface area (Å²) in [5.74, 6) is 1.11. The van der Waals surface area contributed by atoms with Crippen LogP contribution in [-0.2, 0) is 13.6 Å². The predicted molar refractivity (Wildman–Crippen MR) is 100 cm³/mol. The van der Waals surface area contributed by atoms with E-state index in [-0.39, 0.29) is 11.6 Å². The van der Waals surface area contributed by atoms with Crippen LogP contribution in [0.1, 0.15) is 30.1 Å². The quantitative estimate of drug-likeness (QED) is 0.725. The Morgan fingerprint density at radius 3 is 2.65 bits per heavy atom. The number of rotatable bonds is 4. The Balaban J connectivity index is 1.61. The molecule has 1 aliphatic heterocycles. The van der Waals surface area contributed by atoms with Crippen molar-refractivity contribution in [3.05, 3.63) is 76.7 Å². The number of hydrogen-bond donors (Lipinski definition) is 0. The highest BCUT2D eigenvalue weighted by atomic mass is 16.2. The molecule has 1 atom stereocenters. The van der Waals surface area contributed by atoms with Crippen molar-refractivity contribution in [2.24, 2.45) is 7.05 Å². The highest BCUT2D eigenvalue weighted by Crippen LogP contribution is 2.27. The second-order valence-corrected chi connectivity index (χ2v) is 6.87. The van der Waals surface area contributed by atoms with Gasteiger partial charge in [0.05, 0.1) is 5.69 Å². The molecule has 6 heteroatoms. The zero-order chi connectivity index (χ0) is 17.9. The zero-order valence-electron chi connectivity index (χ0n) is 15.0. The molecule has 0 N–H and O–H groups in total. The fraction of sp³-hybridized carbons (Fsp3) is 0.350. The molecule has 2 aromatic heterocycles. The first kappa shape index (κ1) is 16.7.